The predicted octanol–water partition coefficient (Wildman–Crippen LogP) is 1.06. The van der Waals surface area contributed by atoms with E-state index >= 15 is 0 Å². The molecule has 0 spiro atoms. The van der Waals surface area contributed by atoms with Crippen LogP contribution in [0.25, 0.3) is 0 Å². The maximum Gasteiger partial charge on any atom is 0.203 e. The monoisotopic (exact) mass is 141 g/mol. The fourth-order valence-corrected chi connectivity index (χ4v) is 0.678. The Morgan fingerprint density at radius 1 is 1.89 bits per heavy atom. The maximum absolute atomic E-state index is 8.21. The normalized spacial score (nSPS) is 8.89. The highest BCUT2D eigenvalue weighted by Gasteiger charge is 1.94. The van der Waals surface area contributed by atoms with Crippen molar-refractivity contribution in [1.82, 2.24) is 9.55 Å². The van der Waals surface area contributed by atoms with Gasteiger partial charge in [-0.2, -0.15) is 5.26 Å². The molecular weight excluding hydrogens is 138 g/mol. The van der Waals surface area contributed by atoms with E-state index in [1.165, 1.54) is 0 Å². The molecule has 1 rings (SSSR count). The third-order valence-corrected chi connectivity index (χ3v) is 1.22. The Hall–Kier alpha value is -1.01. The summed E-state index contributed by atoms with van der Waals surface area (Å²) < 4.78 is 1.56. The number of halogens is 1. The van der Waals surface area contributed by atoms with Crippen molar-refractivity contribution in [1.29, 1.82) is 5.26 Å². The van der Waals surface area contributed by atoms with Gasteiger partial charge in [0.25, 0.3) is 0 Å². The summed E-state index contributed by atoms with van der Waals surface area (Å²) in [6, 6.07) is 1.95. The van der Waals surface area contributed by atoms with Crippen LogP contribution in [0.15, 0.2) is 12.4 Å². The van der Waals surface area contributed by atoms with Crippen LogP contribution in [-0.2, 0) is 6.54 Å². The molecule has 1 heterocycles. The van der Waals surface area contributed by atoms with Crippen molar-refractivity contribution in [3.63, 3.8) is 0 Å². The molecular formula is C5H4ClN3. The van der Waals surface area contributed by atoms with E-state index < -0.39 is 0 Å². The van der Waals surface area contributed by atoms with E-state index in [9.17, 15) is 0 Å². The first-order chi connectivity index (χ1) is 4.34. The molecule has 0 atom stereocenters. The first kappa shape index (κ1) is 6.12. The molecule has 0 radical (unpaired) electrons. The second kappa shape index (κ2) is 2.51. The van der Waals surface area contributed by atoms with E-state index in [2.05, 4.69) is 4.98 Å². The van der Waals surface area contributed by atoms with Crippen LogP contribution in [0.5, 0.6) is 0 Å². The molecule has 1 aromatic rings. The van der Waals surface area contributed by atoms with Crippen LogP contribution < -0.4 is 0 Å². The molecule has 46 valence electrons. The Balaban J connectivity index is 2.84. The van der Waals surface area contributed by atoms with Crippen LogP contribution in [0, 0.1) is 11.3 Å². The Kier molecular flexibility index (Phi) is 1.71. The van der Waals surface area contributed by atoms with Crippen molar-refractivity contribution < 1.29 is 0 Å². The largest absolute Gasteiger partial charge is 0.308 e. The van der Waals surface area contributed by atoms with E-state index in [0.29, 0.717) is 5.28 Å². The van der Waals surface area contributed by atoms with Crippen LogP contribution >= 0.6 is 11.6 Å². The number of rotatable bonds is 1. The van der Waals surface area contributed by atoms with E-state index in [1.807, 2.05) is 6.07 Å². The van der Waals surface area contributed by atoms with Gasteiger partial charge in [0.2, 0.25) is 5.28 Å². The van der Waals surface area contributed by atoms with Gasteiger partial charge in [-0.15, -0.1) is 0 Å². The molecule has 0 fully saturated rings. The second-order valence-corrected chi connectivity index (χ2v) is 1.82. The molecule has 0 unspecified atom stereocenters. The number of aromatic nitrogens is 2. The van der Waals surface area contributed by atoms with Gasteiger partial charge in [0, 0.05) is 12.4 Å². The summed E-state index contributed by atoms with van der Waals surface area (Å²) in [5, 5.41) is 8.56. The topological polar surface area (TPSA) is 41.6 Å². The van der Waals surface area contributed by atoms with Gasteiger partial charge in [0.1, 0.15) is 6.54 Å². The fourth-order valence-electron chi connectivity index (χ4n) is 0.505. The number of nitriles is 1. The van der Waals surface area contributed by atoms with E-state index in [1.54, 1.807) is 17.0 Å². The molecule has 0 N–H and O–H groups in total. The molecule has 3 nitrogen and oxygen atoms in total. The molecule has 9 heavy (non-hydrogen) atoms. The smallest absolute Gasteiger partial charge is 0.203 e. The van der Waals surface area contributed by atoms with Crippen molar-refractivity contribution in [2.75, 3.05) is 0 Å². The standard InChI is InChI=1S/C5H4ClN3/c6-5-8-2-4-9(5)3-1-7/h2,4H,3H2. The van der Waals surface area contributed by atoms with Crippen LogP contribution in [-0.4, -0.2) is 9.55 Å². The first-order valence-corrected chi connectivity index (χ1v) is 2.76. The zero-order valence-corrected chi connectivity index (χ0v) is 5.34. The maximum atomic E-state index is 8.21. The molecule has 0 aromatic carbocycles. The Morgan fingerprint density at radius 2 is 2.67 bits per heavy atom. The van der Waals surface area contributed by atoms with Crippen molar-refractivity contribution in [3.8, 4) is 6.07 Å². The molecule has 0 aliphatic carbocycles. The fraction of sp³-hybridized carbons (Fsp3) is 0.200. The minimum atomic E-state index is 0.263. The van der Waals surface area contributed by atoms with Gasteiger partial charge >= 0.3 is 0 Å². The van der Waals surface area contributed by atoms with Crippen LogP contribution in [0.4, 0.5) is 0 Å². The Bertz CT molecular complexity index is 235. The van der Waals surface area contributed by atoms with Crippen LogP contribution in [0.3, 0.4) is 0 Å². The van der Waals surface area contributed by atoms with Crippen LogP contribution in [0.1, 0.15) is 0 Å². The van der Waals surface area contributed by atoms with E-state index in [0.717, 1.165) is 0 Å². The van der Waals surface area contributed by atoms with Crippen molar-refractivity contribution in [3.05, 3.63) is 17.7 Å². The summed E-state index contributed by atoms with van der Waals surface area (Å²) in [6.07, 6.45) is 3.21. The number of hydrogen-bond acceptors (Lipinski definition) is 2. The van der Waals surface area contributed by atoms with Crippen molar-refractivity contribution in [2.24, 2.45) is 0 Å². The molecule has 0 amide bonds. The summed E-state index contributed by atoms with van der Waals surface area (Å²) in [5.74, 6) is 0. The Morgan fingerprint density at radius 3 is 3.11 bits per heavy atom. The third kappa shape index (κ3) is 1.21. The SMILES string of the molecule is N#CCn1ccnc1Cl. The minimum absolute atomic E-state index is 0.263. The number of hydrogen-bond donors (Lipinski definition) is 0. The average Bonchev–Trinajstić information content (AvgIpc) is 2.18. The highest BCUT2D eigenvalue weighted by molar-refractivity contribution is 6.28. The van der Waals surface area contributed by atoms with Gasteiger partial charge in [-0.05, 0) is 11.6 Å². The van der Waals surface area contributed by atoms with Gasteiger partial charge in [0.15, 0.2) is 0 Å². The summed E-state index contributed by atoms with van der Waals surface area (Å²) in [6.45, 7) is 0.263. The summed E-state index contributed by atoms with van der Waals surface area (Å²) in [7, 11) is 0. The number of nitrogens with zero attached hydrogens (tertiary/aromatic N) is 3. The Labute approximate surface area is 57.5 Å². The molecule has 1 aromatic heterocycles. The van der Waals surface area contributed by atoms with E-state index in [4.69, 9.17) is 16.9 Å². The number of imidazole rings is 1. The van der Waals surface area contributed by atoms with Gasteiger partial charge < -0.3 is 4.57 Å². The lowest BCUT2D eigenvalue weighted by Gasteiger charge is -1.91. The zero-order valence-electron chi connectivity index (χ0n) is 4.58. The minimum Gasteiger partial charge on any atom is -0.308 e. The highest BCUT2D eigenvalue weighted by atomic mass is 35.5. The molecule has 0 bridgehead atoms. The van der Waals surface area contributed by atoms with Gasteiger partial charge in [-0.3, -0.25) is 0 Å². The summed E-state index contributed by atoms with van der Waals surface area (Å²) in [5.41, 5.74) is 0. The predicted molar refractivity (Wildman–Crippen MR) is 32.8 cm³/mol. The molecule has 4 heteroatoms. The summed E-state index contributed by atoms with van der Waals surface area (Å²) >= 11 is 5.52. The van der Waals surface area contributed by atoms with Crippen molar-refractivity contribution in [2.45, 2.75) is 6.54 Å². The molecule has 0 aliphatic heterocycles. The van der Waals surface area contributed by atoms with Gasteiger partial charge in [-0.25, -0.2) is 4.98 Å². The first-order valence-electron chi connectivity index (χ1n) is 2.38. The van der Waals surface area contributed by atoms with E-state index in [-0.39, 0.29) is 6.54 Å². The second-order valence-electron chi connectivity index (χ2n) is 1.48. The highest BCUT2D eigenvalue weighted by Crippen LogP contribution is 2.02. The zero-order chi connectivity index (χ0) is 6.69. The third-order valence-electron chi connectivity index (χ3n) is 0.906. The molecule has 0 saturated heterocycles. The van der Waals surface area contributed by atoms with Gasteiger partial charge in [-0.1, -0.05) is 0 Å². The van der Waals surface area contributed by atoms with Gasteiger partial charge in [0.05, 0.1) is 6.07 Å². The lowest BCUT2D eigenvalue weighted by atomic mass is 10.7. The molecule has 0 saturated carbocycles. The quantitative estimate of drug-likeness (QED) is 0.587. The average molecular weight is 142 g/mol. The van der Waals surface area contributed by atoms with Crippen LogP contribution in [0.2, 0.25) is 5.28 Å². The molecule has 0 aliphatic rings. The lowest BCUT2D eigenvalue weighted by molar-refractivity contribution is 0.831. The summed E-state index contributed by atoms with van der Waals surface area (Å²) in [4.78, 5) is 3.71. The van der Waals surface area contributed by atoms with Crippen molar-refractivity contribution >= 4 is 11.6 Å². The lowest BCUT2D eigenvalue weighted by Crippen LogP contribution is -1.91.